The summed E-state index contributed by atoms with van der Waals surface area (Å²) in [6.45, 7) is 4.25. The summed E-state index contributed by atoms with van der Waals surface area (Å²) in [7, 11) is 0. The number of aliphatic hydroxyl groups excluding tert-OH is 1. The summed E-state index contributed by atoms with van der Waals surface area (Å²) < 4.78 is 0. The van der Waals surface area contributed by atoms with Gasteiger partial charge >= 0.3 is 0 Å². The van der Waals surface area contributed by atoms with Crippen LogP contribution < -0.4 is 0 Å². The Hall–Kier alpha value is -1.35. The number of fused-ring (bicyclic) bond motifs is 5. The fourth-order valence-electron chi connectivity index (χ4n) is 6.65. The summed E-state index contributed by atoms with van der Waals surface area (Å²) in [5.41, 5.74) is 2.70. The number of aryl methyl sites for hydroxylation is 1. The molecule has 26 heavy (non-hydrogen) atoms. The van der Waals surface area contributed by atoms with Crippen LogP contribution in [-0.4, -0.2) is 22.1 Å². The van der Waals surface area contributed by atoms with Crippen LogP contribution >= 0.6 is 0 Å². The highest BCUT2D eigenvalue weighted by atomic mass is 16.3. The Bertz CT molecular complexity index is 697. The first-order valence-electron chi connectivity index (χ1n) is 10.5. The molecular weight excluding hydrogens is 324 g/mol. The quantitative estimate of drug-likeness (QED) is 0.829. The van der Waals surface area contributed by atoms with Gasteiger partial charge in [-0.25, -0.2) is 0 Å². The fourth-order valence-corrected chi connectivity index (χ4v) is 6.65. The molecule has 142 valence electrons. The molecule has 5 unspecified atom stereocenters. The Morgan fingerprint density at radius 1 is 1.27 bits per heavy atom. The Morgan fingerprint density at radius 2 is 2.08 bits per heavy atom. The summed E-state index contributed by atoms with van der Waals surface area (Å²) in [6.07, 6.45) is 7.27. The van der Waals surface area contributed by atoms with Gasteiger partial charge in [0.05, 0.1) is 6.10 Å². The van der Waals surface area contributed by atoms with Crippen LogP contribution in [0.1, 0.15) is 75.8 Å². The van der Waals surface area contributed by atoms with Crippen molar-refractivity contribution in [3.63, 3.8) is 0 Å². The molecule has 2 saturated carbocycles. The number of aliphatic hydroxyl groups is 1. The Balaban J connectivity index is 1.70. The predicted octanol–water partition coefficient (Wildman–Crippen LogP) is 4.59. The summed E-state index contributed by atoms with van der Waals surface area (Å²) in [5, 5.41) is 20.7. The average Bonchev–Trinajstić information content (AvgIpc) is 2.93. The lowest BCUT2D eigenvalue weighted by Crippen LogP contribution is -2.48. The van der Waals surface area contributed by atoms with E-state index in [0.29, 0.717) is 48.0 Å². The number of rotatable bonds is 4. The zero-order valence-corrected chi connectivity index (χ0v) is 16.1. The number of carbonyl (C=O) groups is 1. The summed E-state index contributed by atoms with van der Waals surface area (Å²) in [6, 6.07) is 5.90. The summed E-state index contributed by atoms with van der Waals surface area (Å²) in [4.78, 5) is 12.0. The maximum atomic E-state index is 12.0. The lowest BCUT2D eigenvalue weighted by atomic mass is 9.51. The molecule has 0 spiro atoms. The largest absolute Gasteiger partial charge is 0.508 e. The van der Waals surface area contributed by atoms with Crippen molar-refractivity contribution in [2.24, 2.45) is 23.2 Å². The van der Waals surface area contributed by atoms with Crippen LogP contribution in [0.4, 0.5) is 0 Å². The van der Waals surface area contributed by atoms with Crippen LogP contribution in [0.2, 0.25) is 0 Å². The first-order chi connectivity index (χ1) is 12.4. The first-order valence-corrected chi connectivity index (χ1v) is 10.5. The molecule has 3 aliphatic carbocycles. The molecule has 2 fully saturated rings. The second kappa shape index (κ2) is 6.67. The molecule has 0 radical (unpaired) electrons. The van der Waals surface area contributed by atoms with E-state index in [1.54, 1.807) is 0 Å². The molecule has 4 rings (SSSR count). The number of hydrogen-bond acceptors (Lipinski definition) is 3. The third kappa shape index (κ3) is 2.79. The number of phenolic OH excluding ortho intramolecular Hbond substituents is 1. The second-order valence-corrected chi connectivity index (χ2v) is 9.21. The van der Waals surface area contributed by atoms with E-state index in [9.17, 15) is 15.0 Å². The van der Waals surface area contributed by atoms with Crippen LogP contribution in [0.15, 0.2) is 18.2 Å². The maximum absolute atomic E-state index is 12.0. The Kier molecular flexibility index (Phi) is 4.63. The normalized spacial score (nSPS) is 38.3. The fraction of sp³-hybridized carbons (Fsp3) is 0.696. The van der Waals surface area contributed by atoms with E-state index in [1.807, 2.05) is 19.1 Å². The van der Waals surface area contributed by atoms with Gasteiger partial charge in [-0.3, -0.25) is 4.79 Å². The van der Waals surface area contributed by atoms with Crippen molar-refractivity contribution >= 4 is 5.78 Å². The zero-order valence-electron chi connectivity index (χ0n) is 16.1. The molecule has 1 aromatic carbocycles. The number of benzene rings is 1. The van der Waals surface area contributed by atoms with Crippen molar-refractivity contribution in [3.8, 4) is 5.75 Å². The number of carbonyl (C=O) groups excluding carboxylic acids is 1. The minimum Gasteiger partial charge on any atom is -0.508 e. The number of aromatic hydroxyl groups is 1. The van der Waals surface area contributed by atoms with Gasteiger partial charge in [-0.2, -0.15) is 0 Å². The third-order valence-corrected chi connectivity index (χ3v) is 7.97. The van der Waals surface area contributed by atoms with Gasteiger partial charge < -0.3 is 10.2 Å². The van der Waals surface area contributed by atoms with E-state index >= 15 is 0 Å². The van der Waals surface area contributed by atoms with E-state index in [2.05, 4.69) is 13.0 Å². The van der Waals surface area contributed by atoms with E-state index < -0.39 is 0 Å². The predicted molar refractivity (Wildman–Crippen MR) is 102 cm³/mol. The number of Topliss-reactive ketones (excluding diaryl/α,β-unsaturated/α-hetero) is 1. The van der Waals surface area contributed by atoms with Crippen molar-refractivity contribution in [1.29, 1.82) is 0 Å². The monoisotopic (exact) mass is 356 g/mol. The summed E-state index contributed by atoms with van der Waals surface area (Å²) >= 11 is 0. The third-order valence-electron chi connectivity index (χ3n) is 7.97. The standard InChI is InChI=1S/C23H32O3/c1-3-16(24)6-4-15-13-23(2)20(10-11-21(23)26)19-8-5-14-12-17(25)7-9-18(14)22(15)19/h7,9,12,15,19-22,25-26H,3-6,8,10-11,13H2,1-2H3/t15-,19?,20?,21?,22?,23?/m0/s1. The molecule has 0 aliphatic heterocycles. The van der Waals surface area contributed by atoms with Crippen molar-refractivity contribution in [2.75, 3.05) is 0 Å². The maximum Gasteiger partial charge on any atom is 0.132 e. The van der Waals surface area contributed by atoms with Gasteiger partial charge in [-0.15, -0.1) is 0 Å². The molecule has 1 aromatic rings. The van der Waals surface area contributed by atoms with Gasteiger partial charge in [0.15, 0.2) is 0 Å². The minimum atomic E-state index is -0.195. The minimum absolute atomic E-state index is 0.00944. The molecule has 0 amide bonds. The van der Waals surface area contributed by atoms with Crippen LogP contribution in [0.25, 0.3) is 0 Å². The lowest BCUT2D eigenvalue weighted by Gasteiger charge is -2.54. The molecule has 0 heterocycles. The number of phenols is 1. The molecule has 6 atom stereocenters. The lowest BCUT2D eigenvalue weighted by molar-refractivity contribution is -0.119. The van der Waals surface area contributed by atoms with Gasteiger partial charge in [-0.1, -0.05) is 19.9 Å². The molecule has 3 aliphatic rings. The zero-order chi connectivity index (χ0) is 18.5. The van der Waals surface area contributed by atoms with E-state index in [-0.39, 0.29) is 11.5 Å². The SMILES string of the molecule is CCC(=O)CC[C@H]1CC2(C)C(O)CCC2C2CCc3cc(O)ccc3C21. The first kappa shape index (κ1) is 18.0. The van der Waals surface area contributed by atoms with Crippen LogP contribution in [0, 0.1) is 23.2 Å². The van der Waals surface area contributed by atoms with Crippen LogP contribution in [-0.2, 0) is 11.2 Å². The van der Waals surface area contributed by atoms with E-state index in [4.69, 9.17) is 0 Å². The highest BCUT2D eigenvalue weighted by Crippen LogP contribution is 2.63. The topological polar surface area (TPSA) is 57.5 Å². The number of hydrogen-bond donors (Lipinski definition) is 2. The van der Waals surface area contributed by atoms with E-state index in [1.165, 1.54) is 11.1 Å². The molecule has 3 heteroatoms. The van der Waals surface area contributed by atoms with Crippen molar-refractivity contribution < 1.29 is 15.0 Å². The molecule has 0 saturated heterocycles. The highest BCUT2D eigenvalue weighted by Gasteiger charge is 2.57. The molecule has 2 N–H and O–H groups in total. The molecule has 0 aromatic heterocycles. The highest BCUT2D eigenvalue weighted by molar-refractivity contribution is 5.77. The van der Waals surface area contributed by atoms with Crippen LogP contribution in [0.3, 0.4) is 0 Å². The van der Waals surface area contributed by atoms with Gasteiger partial charge in [0.2, 0.25) is 0 Å². The van der Waals surface area contributed by atoms with E-state index in [0.717, 1.165) is 38.5 Å². The van der Waals surface area contributed by atoms with Gasteiger partial charge in [0, 0.05) is 12.8 Å². The Labute approximate surface area is 156 Å². The smallest absolute Gasteiger partial charge is 0.132 e. The van der Waals surface area contributed by atoms with Crippen LogP contribution in [0.5, 0.6) is 5.75 Å². The van der Waals surface area contributed by atoms with Gasteiger partial charge in [0.25, 0.3) is 0 Å². The second-order valence-electron chi connectivity index (χ2n) is 9.21. The van der Waals surface area contributed by atoms with Crippen molar-refractivity contribution in [3.05, 3.63) is 29.3 Å². The van der Waals surface area contributed by atoms with Crippen molar-refractivity contribution in [1.82, 2.24) is 0 Å². The average molecular weight is 357 g/mol. The summed E-state index contributed by atoms with van der Waals surface area (Å²) in [5.74, 6) is 2.83. The molecule has 0 bridgehead atoms. The number of ketones is 1. The van der Waals surface area contributed by atoms with Gasteiger partial charge in [-0.05, 0) is 90.9 Å². The van der Waals surface area contributed by atoms with Crippen molar-refractivity contribution in [2.45, 2.75) is 77.2 Å². The molecular formula is C23H32O3. The Morgan fingerprint density at radius 3 is 2.85 bits per heavy atom. The van der Waals surface area contributed by atoms with Gasteiger partial charge in [0.1, 0.15) is 11.5 Å². The molecule has 3 nitrogen and oxygen atoms in total.